The molecule has 0 atom stereocenters. The van der Waals surface area contributed by atoms with Crippen molar-refractivity contribution < 1.29 is 14.4 Å². The predicted molar refractivity (Wildman–Crippen MR) is 80.5 cm³/mol. The SMILES string of the molecule is CO/N=C(/CCC(=O)OC(C)C)c1ccc(Cl)c(Cl)c1. The summed E-state index contributed by atoms with van der Waals surface area (Å²) in [5.74, 6) is -0.274. The van der Waals surface area contributed by atoms with Crippen LogP contribution in [0.1, 0.15) is 32.3 Å². The first kappa shape index (κ1) is 16.8. The van der Waals surface area contributed by atoms with Crippen molar-refractivity contribution in [1.82, 2.24) is 0 Å². The Labute approximate surface area is 128 Å². The van der Waals surface area contributed by atoms with E-state index in [0.717, 1.165) is 5.56 Å². The maximum Gasteiger partial charge on any atom is 0.306 e. The molecule has 0 saturated carbocycles. The Kier molecular flexibility index (Phi) is 6.82. The topological polar surface area (TPSA) is 47.9 Å². The van der Waals surface area contributed by atoms with Crippen molar-refractivity contribution in [2.45, 2.75) is 32.8 Å². The number of hydrogen-bond donors (Lipinski definition) is 0. The van der Waals surface area contributed by atoms with E-state index in [9.17, 15) is 4.79 Å². The highest BCUT2D eigenvalue weighted by Gasteiger charge is 2.12. The average molecular weight is 318 g/mol. The van der Waals surface area contributed by atoms with Crippen LogP contribution in [-0.4, -0.2) is 24.9 Å². The number of hydrogen-bond acceptors (Lipinski definition) is 4. The molecule has 0 unspecified atom stereocenters. The van der Waals surface area contributed by atoms with Gasteiger partial charge in [0.15, 0.2) is 0 Å². The lowest BCUT2D eigenvalue weighted by Crippen LogP contribution is -2.13. The second kappa shape index (κ2) is 8.12. The van der Waals surface area contributed by atoms with Crippen LogP contribution in [-0.2, 0) is 14.4 Å². The second-order valence-electron chi connectivity index (χ2n) is 4.39. The minimum Gasteiger partial charge on any atom is -0.463 e. The molecular weight excluding hydrogens is 301 g/mol. The van der Waals surface area contributed by atoms with Crippen LogP contribution in [0.2, 0.25) is 10.0 Å². The van der Waals surface area contributed by atoms with Crippen LogP contribution >= 0.6 is 23.2 Å². The smallest absolute Gasteiger partial charge is 0.306 e. The molecule has 0 aliphatic carbocycles. The highest BCUT2D eigenvalue weighted by molar-refractivity contribution is 6.42. The number of esters is 1. The molecule has 0 aliphatic heterocycles. The predicted octanol–water partition coefficient (Wildman–Crippen LogP) is 4.08. The number of carbonyl (C=O) groups is 1. The van der Waals surface area contributed by atoms with Crippen LogP contribution in [0.4, 0.5) is 0 Å². The monoisotopic (exact) mass is 317 g/mol. The summed E-state index contributed by atoms with van der Waals surface area (Å²) in [4.78, 5) is 16.4. The molecule has 0 aliphatic rings. The van der Waals surface area contributed by atoms with E-state index in [2.05, 4.69) is 5.16 Å². The molecule has 0 amide bonds. The quantitative estimate of drug-likeness (QED) is 0.451. The van der Waals surface area contributed by atoms with Gasteiger partial charge in [-0.1, -0.05) is 34.4 Å². The van der Waals surface area contributed by atoms with E-state index in [4.69, 9.17) is 32.8 Å². The van der Waals surface area contributed by atoms with Gasteiger partial charge in [-0.2, -0.15) is 0 Å². The molecule has 110 valence electrons. The standard InChI is InChI=1S/C14H17Cl2NO3/c1-9(2)20-14(18)7-6-13(17-19-3)10-4-5-11(15)12(16)8-10/h4-5,8-9H,6-7H2,1-3H3/b17-13-. The summed E-state index contributed by atoms with van der Waals surface area (Å²) in [6, 6.07) is 5.15. The Bertz CT molecular complexity index is 501. The lowest BCUT2D eigenvalue weighted by Gasteiger charge is -2.09. The van der Waals surface area contributed by atoms with Gasteiger partial charge < -0.3 is 9.57 Å². The van der Waals surface area contributed by atoms with Crippen LogP contribution < -0.4 is 0 Å². The van der Waals surface area contributed by atoms with Gasteiger partial charge in [-0.15, -0.1) is 0 Å². The van der Waals surface area contributed by atoms with Gasteiger partial charge in [0.2, 0.25) is 0 Å². The number of oxime groups is 1. The third-order valence-electron chi connectivity index (χ3n) is 2.39. The molecule has 1 aromatic rings. The maximum absolute atomic E-state index is 11.5. The van der Waals surface area contributed by atoms with E-state index in [1.54, 1.807) is 32.0 Å². The normalized spacial score (nSPS) is 11.6. The fraction of sp³-hybridized carbons (Fsp3) is 0.429. The number of carbonyl (C=O) groups excluding carboxylic acids is 1. The average Bonchev–Trinajstić information content (AvgIpc) is 2.37. The first-order valence-electron chi connectivity index (χ1n) is 6.19. The summed E-state index contributed by atoms with van der Waals surface area (Å²) >= 11 is 11.8. The Hall–Kier alpha value is -1.26. The number of rotatable bonds is 6. The molecule has 1 rings (SSSR count). The van der Waals surface area contributed by atoms with Gasteiger partial charge in [-0.25, -0.2) is 0 Å². The minimum absolute atomic E-state index is 0.129. The summed E-state index contributed by atoms with van der Waals surface area (Å²) in [5, 5.41) is 4.82. The highest BCUT2D eigenvalue weighted by Crippen LogP contribution is 2.23. The number of ether oxygens (including phenoxy) is 1. The van der Waals surface area contributed by atoms with Gasteiger partial charge in [0.25, 0.3) is 0 Å². The van der Waals surface area contributed by atoms with E-state index in [-0.39, 0.29) is 18.5 Å². The van der Waals surface area contributed by atoms with Crippen molar-refractivity contribution in [1.29, 1.82) is 0 Å². The summed E-state index contributed by atoms with van der Waals surface area (Å²) in [6.45, 7) is 3.61. The van der Waals surface area contributed by atoms with Crippen LogP contribution in [0.5, 0.6) is 0 Å². The molecule has 0 spiro atoms. The minimum atomic E-state index is -0.274. The molecule has 0 fully saturated rings. The van der Waals surface area contributed by atoms with E-state index < -0.39 is 0 Å². The molecule has 0 N–H and O–H groups in total. The van der Waals surface area contributed by atoms with Gasteiger partial charge >= 0.3 is 5.97 Å². The Balaban J connectivity index is 2.77. The lowest BCUT2D eigenvalue weighted by atomic mass is 10.1. The van der Waals surface area contributed by atoms with Crippen molar-refractivity contribution in [2.75, 3.05) is 7.11 Å². The molecule has 1 aromatic carbocycles. The summed E-state index contributed by atoms with van der Waals surface area (Å²) in [6.07, 6.45) is 0.494. The largest absolute Gasteiger partial charge is 0.463 e. The lowest BCUT2D eigenvalue weighted by molar-refractivity contribution is -0.147. The zero-order chi connectivity index (χ0) is 15.1. The summed E-state index contributed by atoms with van der Waals surface area (Å²) < 4.78 is 5.08. The van der Waals surface area contributed by atoms with Crippen LogP contribution in [0.3, 0.4) is 0 Å². The molecule has 0 aromatic heterocycles. The van der Waals surface area contributed by atoms with Gasteiger partial charge in [0.05, 0.1) is 28.3 Å². The molecular formula is C14H17Cl2NO3. The van der Waals surface area contributed by atoms with Crippen molar-refractivity contribution in [3.63, 3.8) is 0 Å². The Morgan fingerprint density at radius 3 is 2.50 bits per heavy atom. The summed E-state index contributed by atoms with van der Waals surface area (Å²) in [7, 11) is 1.45. The van der Waals surface area contributed by atoms with Crippen LogP contribution in [0, 0.1) is 0 Å². The molecule has 0 bridgehead atoms. The summed E-state index contributed by atoms with van der Waals surface area (Å²) in [5.41, 5.74) is 1.38. The van der Waals surface area contributed by atoms with E-state index in [0.29, 0.717) is 22.2 Å². The third kappa shape index (κ3) is 5.39. The van der Waals surface area contributed by atoms with Gasteiger partial charge in [0.1, 0.15) is 7.11 Å². The molecule has 6 heteroatoms. The van der Waals surface area contributed by atoms with Gasteiger partial charge in [-0.3, -0.25) is 4.79 Å². The molecule has 20 heavy (non-hydrogen) atoms. The van der Waals surface area contributed by atoms with E-state index >= 15 is 0 Å². The fourth-order valence-electron chi connectivity index (χ4n) is 1.57. The van der Waals surface area contributed by atoms with Crippen molar-refractivity contribution in [3.05, 3.63) is 33.8 Å². The van der Waals surface area contributed by atoms with Crippen molar-refractivity contribution >= 4 is 34.9 Å². The maximum atomic E-state index is 11.5. The highest BCUT2D eigenvalue weighted by atomic mass is 35.5. The van der Waals surface area contributed by atoms with Crippen molar-refractivity contribution in [2.24, 2.45) is 5.16 Å². The van der Waals surface area contributed by atoms with E-state index in [1.807, 2.05) is 0 Å². The zero-order valence-corrected chi connectivity index (χ0v) is 13.2. The number of benzene rings is 1. The van der Waals surface area contributed by atoms with Crippen LogP contribution in [0.25, 0.3) is 0 Å². The molecule has 4 nitrogen and oxygen atoms in total. The van der Waals surface area contributed by atoms with Crippen molar-refractivity contribution in [3.8, 4) is 0 Å². The van der Waals surface area contributed by atoms with Gasteiger partial charge in [0, 0.05) is 12.0 Å². The number of nitrogens with zero attached hydrogens (tertiary/aromatic N) is 1. The molecule has 0 saturated heterocycles. The first-order valence-corrected chi connectivity index (χ1v) is 6.94. The van der Waals surface area contributed by atoms with E-state index in [1.165, 1.54) is 7.11 Å². The van der Waals surface area contributed by atoms with Crippen LogP contribution in [0.15, 0.2) is 23.4 Å². The Morgan fingerprint density at radius 1 is 1.25 bits per heavy atom. The zero-order valence-electron chi connectivity index (χ0n) is 11.7. The third-order valence-corrected chi connectivity index (χ3v) is 3.13. The number of halogens is 2. The van der Waals surface area contributed by atoms with Gasteiger partial charge in [-0.05, 0) is 26.0 Å². The Morgan fingerprint density at radius 2 is 1.95 bits per heavy atom. The second-order valence-corrected chi connectivity index (χ2v) is 5.20. The molecule has 0 radical (unpaired) electrons. The first-order chi connectivity index (χ1) is 9.43. The fourth-order valence-corrected chi connectivity index (χ4v) is 1.87. The molecule has 0 heterocycles.